The van der Waals surface area contributed by atoms with E-state index in [0.717, 1.165) is 6.07 Å². The van der Waals surface area contributed by atoms with Gasteiger partial charge in [0.05, 0.1) is 5.56 Å². The molecular formula is C17H22F3NO. The Morgan fingerprint density at radius 1 is 1.23 bits per heavy atom. The smallest absolute Gasteiger partial charge is 0.343 e. The van der Waals surface area contributed by atoms with Gasteiger partial charge in [-0.3, -0.25) is 4.79 Å². The molecule has 122 valence electrons. The molecule has 0 saturated heterocycles. The Bertz CT molecular complexity index is 553. The zero-order valence-corrected chi connectivity index (χ0v) is 13.3. The number of hydrogen-bond acceptors (Lipinski definition) is 1. The highest BCUT2D eigenvalue weighted by Gasteiger charge is 2.49. The van der Waals surface area contributed by atoms with Crippen molar-refractivity contribution in [2.75, 3.05) is 7.05 Å². The Labute approximate surface area is 129 Å². The van der Waals surface area contributed by atoms with Crippen molar-refractivity contribution in [2.24, 2.45) is 11.8 Å². The highest BCUT2D eigenvalue weighted by atomic mass is 19.4. The van der Waals surface area contributed by atoms with Gasteiger partial charge in [-0.1, -0.05) is 32.0 Å². The van der Waals surface area contributed by atoms with Crippen molar-refractivity contribution >= 4 is 5.91 Å². The standard InChI is InChI=1S/C17H22F3NO/c1-10(2)11(3)21(4)16(22)14-9-13(14)12-7-5-6-8-15(12)17(18,19)20/h5-8,10-11,13-14H,9H2,1-4H3/t11-,13-,14-/m0/s1. The minimum atomic E-state index is -4.37. The summed E-state index contributed by atoms with van der Waals surface area (Å²) < 4.78 is 39.2. The third-order valence-electron chi connectivity index (χ3n) is 4.70. The molecule has 0 spiro atoms. The average molecular weight is 313 g/mol. The molecule has 3 atom stereocenters. The lowest BCUT2D eigenvalue weighted by atomic mass is 10.0. The lowest BCUT2D eigenvalue weighted by molar-refractivity contribution is -0.139. The van der Waals surface area contributed by atoms with Crippen LogP contribution in [0.15, 0.2) is 24.3 Å². The predicted octanol–water partition coefficient (Wildman–Crippen LogP) is 4.31. The number of carbonyl (C=O) groups is 1. The number of carbonyl (C=O) groups excluding carboxylic acids is 1. The van der Waals surface area contributed by atoms with Gasteiger partial charge in [-0.05, 0) is 36.8 Å². The SMILES string of the molecule is CC(C)[C@H](C)N(C)C(=O)[C@H]1C[C@H]1c1ccccc1C(F)(F)F. The molecule has 0 heterocycles. The van der Waals surface area contributed by atoms with Gasteiger partial charge in [0.15, 0.2) is 0 Å². The van der Waals surface area contributed by atoms with Crippen LogP contribution in [0.25, 0.3) is 0 Å². The summed E-state index contributed by atoms with van der Waals surface area (Å²) in [5.74, 6) is -0.376. The van der Waals surface area contributed by atoms with Crippen molar-refractivity contribution in [3.8, 4) is 0 Å². The highest BCUT2D eigenvalue weighted by molar-refractivity contribution is 5.83. The van der Waals surface area contributed by atoms with E-state index in [-0.39, 0.29) is 29.3 Å². The van der Waals surface area contributed by atoms with Crippen LogP contribution in [-0.2, 0) is 11.0 Å². The van der Waals surface area contributed by atoms with Crippen molar-refractivity contribution in [3.05, 3.63) is 35.4 Å². The van der Waals surface area contributed by atoms with Gasteiger partial charge in [-0.25, -0.2) is 0 Å². The number of hydrogen-bond donors (Lipinski definition) is 0. The zero-order chi connectivity index (χ0) is 16.7. The summed E-state index contributed by atoms with van der Waals surface area (Å²) in [7, 11) is 1.73. The summed E-state index contributed by atoms with van der Waals surface area (Å²) in [5.41, 5.74) is -0.367. The lowest BCUT2D eigenvalue weighted by Crippen LogP contribution is -2.39. The van der Waals surface area contributed by atoms with Crippen LogP contribution in [0.3, 0.4) is 0 Å². The van der Waals surface area contributed by atoms with Gasteiger partial charge in [0, 0.05) is 19.0 Å². The molecular weight excluding hydrogens is 291 g/mol. The van der Waals surface area contributed by atoms with Gasteiger partial charge < -0.3 is 4.90 Å². The molecule has 22 heavy (non-hydrogen) atoms. The van der Waals surface area contributed by atoms with Crippen molar-refractivity contribution in [2.45, 2.75) is 45.3 Å². The maximum Gasteiger partial charge on any atom is 0.416 e. The first kappa shape index (κ1) is 16.8. The molecule has 0 aromatic heterocycles. The summed E-state index contributed by atoms with van der Waals surface area (Å²) in [6, 6.07) is 5.65. The molecule has 0 radical (unpaired) electrons. The second-order valence-electron chi connectivity index (χ2n) is 6.47. The molecule has 0 N–H and O–H groups in total. The quantitative estimate of drug-likeness (QED) is 0.811. The molecule has 1 aromatic carbocycles. The molecule has 1 fully saturated rings. The van der Waals surface area contributed by atoms with E-state index in [4.69, 9.17) is 0 Å². The van der Waals surface area contributed by atoms with Crippen LogP contribution in [0, 0.1) is 11.8 Å². The fourth-order valence-corrected chi connectivity index (χ4v) is 2.80. The van der Waals surface area contributed by atoms with E-state index < -0.39 is 11.7 Å². The second-order valence-corrected chi connectivity index (χ2v) is 6.47. The fourth-order valence-electron chi connectivity index (χ4n) is 2.80. The van der Waals surface area contributed by atoms with Crippen LogP contribution >= 0.6 is 0 Å². The van der Waals surface area contributed by atoms with E-state index in [1.807, 2.05) is 20.8 Å². The molecule has 2 nitrogen and oxygen atoms in total. The maximum absolute atomic E-state index is 13.1. The van der Waals surface area contributed by atoms with E-state index in [9.17, 15) is 18.0 Å². The molecule has 0 aliphatic heterocycles. The topological polar surface area (TPSA) is 20.3 Å². The van der Waals surface area contributed by atoms with Crippen molar-refractivity contribution in [1.82, 2.24) is 4.90 Å². The highest BCUT2D eigenvalue weighted by Crippen LogP contribution is 2.51. The Morgan fingerprint density at radius 3 is 2.36 bits per heavy atom. The van der Waals surface area contributed by atoms with E-state index in [2.05, 4.69) is 0 Å². The monoisotopic (exact) mass is 313 g/mol. The molecule has 0 unspecified atom stereocenters. The summed E-state index contributed by atoms with van der Waals surface area (Å²) in [4.78, 5) is 14.1. The number of nitrogens with zero attached hydrogens (tertiary/aromatic N) is 1. The summed E-state index contributed by atoms with van der Waals surface area (Å²) in [6.07, 6.45) is -3.87. The van der Waals surface area contributed by atoms with E-state index >= 15 is 0 Å². The first-order valence-electron chi connectivity index (χ1n) is 7.57. The van der Waals surface area contributed by atoms with Gasteiger partial charge in [0.25, 0.3) is 0 Å². The van der Waals surface area contributed by atoms with Crippen LogP contribution in [-0.4, -0.2) is 23.9 Å². The van der Waals surface area contributed by atoms with Gasteiger partial charge in [-0.2, -0.15) is 13.2 Å². The van der Waals surface area contributed by atoms with Crippen molar-refractivity contribution < 1.29 is 18.0 Å². The van der Waals surface area contributed by atoms with Crippen LogP contribution in [0.5, 0.6) is 0 Å². The molecule has 1 saturated carbocycles. The van der Waals surface area contributed by atoms with Gasteiger partial charge >= 0.3 is 6.18 Å². The average Bonchev–Trinajstić information content (AvgIpc) is 3.24. The molecule has 2 rings (SSSR count). The maximum atomic E-state index is 13.1. The number of halogens is 3. The largest absolute Gasteiger partial charge is 0.416 e. The minimum absolute atomic E-state index is 0.0526. The van der Waals surface area contributed by atoms with Gasteiger partial charge in [0.2, 0.25) is 5.91 Å². The van der Waals surface area contributed by atoms with Crippen molar-refractivity contribution in [3.63, 3.8) is 0 Å². The molecule has 5 heteroatoms. The van der Waals surface area contributed by atoms with Crippen molar-refractivity contribution in [1.29, 1.82) is 0 Å². The van der Waals surface area contributed by atoms with Gasteiger partial charge in [-0.15, -0.1) is 0 Å². The predicted molar refractivity (Wildman–Crippen MR) is 79.4 cm³/mol. The first-order valence-corrected chi connectivity index (χ1v) is 7.57. The van der Waals surface area contributed by atoms with E-state index in [0.29, 0.717) is 12.3 Å². The number of benzene rings is 1. The van der Waals surface area contributed by atoms with Crippen LogP contribution < -0.4 is 0 Å². The minimum Gasteiger partial charge on any atom is -0.343 e. The van der Waals surface area contributed by atoms with E-state index in [1.165, 1.54) is 12.1 Å². The third kappa shape index (κ3) is 3.28. The van der Waals surface area contributed by atoms with Gasteiger partial charge in [0.1, 0.15) is 0 Å². The van der Waals surface area contributed by atoms with E-state index in [1.54, 1.807) is 18.0 Å². The lowest BCUT2D eigenvalue weighted by Gasteiger charge is -2.28. The third-order valence-corrected chi connectivity index (χ3v) is 4.70. The van der Waals surface area contributed by atoms with Crippen LogP contribution in [0.1, 0.15) is 44.2 Å². The molecule has 1 aromatic rings. The Hall–Kier alpha value is -1.52. The molecule has 0 bridgehead atoms. The first-order chi connectivity index (χ1) is 10.1. The zero-order valence-electron chi connectivity index (χ0n) is 13.3. The summed E-state index contributed by atoms with van der Waals surface area (Å²) in [6.45, 7) is 6.01. The van der Waals surface area contributed by atoms with Crippen LogP contribution in [0.4, 0.5) is 13.2 Å². The Kier molecular flexibility index (Phi) is 4.54. The number of amides is 1. The Balaban J connectivity index is 2.15. The fraction of sp³-hybridized carbons (Fsp3) is 0.588. The summed E-state index contributed by atoms with van der Waals surface area (Å²) in [5, 5.41) is 0. The number of rotatable bonds is 4. The van der Waals surface area contributed by atoms with Crippen LogP contribution in [0.2, 0.25) is 0 Å². The molecule has 1 amide bonds. The molecule has 1 aliphatic carbocycles. The second kappa shape index (κ2) is 5.94. The Morgan fingerprint density at radius 2 is 1.82 bits per heavy atom. The molecule has 1 aliphatic rings. The summed E-state index contributed by atoms with van der Waals surface area (Å²) >= 11 is 0. The normalized spacial score (nSPS) is 22.5. The number of alkyl halides is 3.